The highest BCUT2D eigenvalue weighted by Crippen LogP contribution is 2.31. The van der Waals surface area contributed by atoms with Crippen LogP contribution in [0.5, 0.6) is 5.75 Å². The lowest BCUT2D eigenvalue weighted by molar-refractivity contribution is 0.218. The third-order valence-corrected chi connectivity index (χ3v) is 3.73. The van der Waals surface area contributed by atoms with Gasteiger partial charge in [-0.2, -0.15) is 0 Å². The van der Waals surface area contributed by atoms with Crippen molar-refractivity contribution in [2.45, 2.75) is 38.4 Å². The Kier molecular flexibility index (Phi) is 3.75. The van der Waals surface area contributed by atoms with Gasteiger partial charge in [-0.15, -0.1) is 0 Å². The fraction of sp³-hybridized carbons (Fsp3) is 0.333. The minimum Gasteiger partial charge on any atom is -0.490 e. The van der Waals surface area contributed by atoms with Gasteiger partial charge in [0.25, 0.3) is 0 Å². The summed E-state index contributed by atoms with van der Waals surface area (Å²) >= 11 is 0. The van der Waals surface area contributed by atoms with Crippen LogP contribution in [0.25, 0.3) is 0 Å². The van der Waals surface area contributed by atoms with E-state index in [2.05, 4.69) is 13.0 Å². The fourth-order valence-electron chi connectivity index (χ4n) is 2.44. The molecule has 104 valence electrons. The lowest BCUT2D eigenvalue weighted by Gasteiger charge is -2.16. The summed E-state index contributed by atoms with van der Waals surface area (Å²) < 4.78 is 5.80. The molecule has 0 heterocycles. The van der Waals surface area contributed by atoms with Crippen molar-refractivity contribution in [2.75, 3.05) is 0 Å². The topological polar surface area (TPSA) is 29.5 Å². The van der Waals surface area contributed by atoms with Gasteiger partial charge in [0.2, 0.25) is 0 Å². The van der Waals surface area contributed by atoms with E-state index in [-0.39, 0.29) is 0 Å². The number of hydrogen-bond donors (Lipinski definition) is 1. The second-order valence-corrected chi connectivity index (χ2v) is 5.34. The van der Waals surface area contributed by atoms with Crippen LogP contribution in [0.4, 0.5) is 0 Å². The maximum Gasteiger partial charge on any atom is 0.120 e. The molecule has 2 aromatic carbocycles. The van der Waals surface area contributed by atoms with E-state index in [0.29, 0.717) is 6.10 Å². The first-order chi connectivity index (χ1) is 9.78. The predicted molar refractivity (Wildman–Crippen MR) is 80.0 cm³/mol. The van der Waals surface area contributed by atoms with Gasteiger partial charge in [0.1, 0.15) is 11.9 Å². The molecule has 1 aliphatic rings. The Bertz CT molecular complexity index is 587. The van der Waals surface area contributed by atoms with Crippen LogP contribution in [0.2, 0.25) is 0 Å². The van der Waals surface area contributed by atoms with Crippen molar-refractivity contribution in [1.29, 1.82) is 0 Å². The molecular weight excluding hydrogens is 248 g/mol. The zero-order valence-corrected chi connectivity index (χ0v) is 11.8. The van der Waals surface area contributed by atoms with E-state index in [1.807, 2.05) is 42.5 Å². The van der Waals surface area contributed by atoms with Gasteiger partial charge in [-0.3, -0.25) is 0 Å². The summed E-state index contributed by atoms with van der Waals surface area (Å²) in [6.07, 6.45) is 3.00. The monoisotopic (exact) mass is 268 g/mol. The minimum absolute atomic E-state index is 0.380. The van der Waals surface area contributed by atoms with Gasteiger partial charge in [-0.1, -0.05) is 43.3 Å². The van der Waals surface area contributed by atoms with Crippen LogP contribution in [0, 0.1) is 0 Å². The van der Waals surface area contributed by atoms with E-state index < -0.39 is 6.10 Å². The summed E-state index contributed by atoms with van der Waals surface area (Å²) in [5.41, 5.74) is 3.07. The lowest BCUT2D eigenvalue weighted by Crippen LogP contribution is -2.04. The summed E-state index contributed by atoms with van der Waals surface area (Å²) in [6.45, 7) is 2.11. The van der Waals surface area contributed by atoms with Crippen molar-refractivity contribution in [1.82, 2.24) is 0 Å². The van der Waals surface area contributed by atoms with E-state index in [1.165, 1.54) is 5.56 Å². The van der Waals surface area contributed by atoms with Crippen LogP contribution in [0.1, 0.15) is 42.6 Å². The lowest BCUT2D eigenvalue weighted by atomic mass is 9.95. The number of ether oxygens (including phenoxy) is 1. The first kappa shape index (κ1) is 13.2. The molecule has 1 N–H and O–H groups in total. The Labute approximate surface area is 120 Å². The van der Waals surface area contributed by atoms with Crippen LogP contribution in [0.3, 0.4) is 0 Å². The van der Waals surface area contributed by atoms with Gasteiger partial charge in [-0.05, 0) is 48.1 Å². The molecule has 3 rings (SSSR count). The molecule has 20 heavy (non-hydrogen) atoms. The second-order valence-electron chi connectivity index (χ2n) is 5.34. The van der Waals surface area contributed by atoms with Crippen LogP contribution in [-0.4, -0.2) is 11.2 Å². The molecule has 1 unspecified atom stereocenters. The Morgan fingerprint density at radius 1 is 1.15 bits per heavy atom. The van der Waals surface area contributed by atoms with Gasteiger partial charge in [0.15, 0.2) is 0 Å². The van der Waals surface area contributed by atoms with Gasteiger partial charge < -0.3 is 9.84 Å². The highest BCUT2D eigenvalue weighted by atomic mass is 16.5. The standard InChI is InChI=1S/C18H20O2/c1-2-13-6-3-4-9-17(13)18(19)14-7-5-8-16(12-14)20-15-10-11-15/h3-9,12,15,18-19H,2,10-11H2,1H3. The van der Waals surface area contributed by atoms with Crippen LogP contribution < -0.4 is 4.74 Å². The molecule has 1 atom stereocenters. The summed E-state index contributed by atoms with van der Waals surface area (Å²) in [5, 5.41) is 10.6. The third kappa shape index (κ3) is 2.86. The molecule has 0 bridgehead atoms. The highest BCUT2D eigenvalue weighted by Gasteiger charge is 2.24. The van der Waals surface area contributed by atoms with Crippen molar-refractivity contribution in [3.63, 3.8) is 0 Å². The van der Waals surface area contributed by atoms with Crippen molar-refractivity contribution >= 4 is 0 Å². The van der Waals surface area contributed by atoms with Crippen molar-refractivity contribution in [3.05, 3.63) is 65.2 Å². The Morgan fingerprint density at radius 2 is 1.95 bits per heavy atom. The molecular formula is C18H20O2. The molecule has 2 aromatic rings. The number of aliphatic hydroxyl groups is 1. The first-order valence-electron chi connectivity index (χ1n) is 7.30. The first-order valence-corrected chi connectivity index (χ1v) is 7.30. The summed E-state index contributed by atoms with van der Waals surface area (Å²) in [4.78, 5) is 0. The molecule has 0 saturated heterocycles. The third-order valence-electron chi connectivity index (χ3n) is 3.73. The zero-order chi connectivity index (χ0) is 13.9. The van der Waals surface area contributed by atoms with E-state index >= 15 is 0 Å². The number of aryl methyl sites for hydroxylation is 1. The van der Waals surface area contributed by atoms with E-state index in [4.69, 9.17) is 4.74 Å². The Hall–Kier alpha value is -1.80. The van der Waals surface area contributed by atoms with Crippen molar-refractivity contribution in [3.8, 4) is 5.75 Å². The van der Waals surface area contributed by atoms with Gasteiger partial charge in [0.05, 0.1) is 6.10 Å². The van der Waals surface area contributed by atoms with Gasteiger partial charge >= 0.3 is 0 Å². The van der Waals surface area contributed by atoms with Crippen molar-refractivity contribution < 1.29 is 9.84 Å². The molecule has 1 fully saturated rings. The Balaban J connectivity index is 1.87. The number of rotatable bonds is 5. The second kappa shape index (κ2) is 5.68. The molecule has 2 heteroatoms. The Morgan fingerprint density at radius 3 is 2.70 bits per heavy atom. The van der Waals surface area contributed by atoms with Crippen LogP contribution in [-0.2, 0) is 6.42 Å². The van der Waals surface area contributed by atoms with E-state index in [0.717, 1.165) is 36.1 Å². The summed E-state index contributed by atoms with van der Waals surface area (Å²) in [7, 11) is 0. The minimum atomic E-state index is -0.589. The molecule has 2 nitrogen and oxygen atoms in total. The molecule has 0 aliphatic heterocycles. The maximum absolute atomic E-state index is 10.6. The normalized spacial score (nSPS) is 15.9. The fourth-order valence-corrected chi connectivity index (χ4v) is 2.44. The SMILES string of the molecule is CCc1ccccc1C(O)c1cccc(OC2CC2)c1. The molecule has 0 amide bonds. The summed E-state index contributed by atoms with van der Waals surface area (Å²) in [5.74, 6) is 0.859. The predicted octanol–water partition coefficient (Wildman–Crippen LogP) is 3.87. The quantitative estimate of drug-likeness (QED) is 0.892. The molecule has 1 aliphatic carbocycles. The van der Waals surface area contributed by atoms with Crippen LogP contribution in [0.15, 0.2) is 48.5 Å². The van der Waals surface area contributed by atoms with E-state index in [1.54, 1.807) is 0 Å². The number of aliphatic hydroxyl groups excluding tert-OH is 1. The number of hydrogen-bond acceptors (Lipinski definition) is 2. The molecule has 0 aromatic heterocycles. The smallest absolute Gasteiger partial charge is 0.120 e. The molecule has 0 spiro atoms. The highest BCUT2D eigenvalue weighted by molar-refractivity contribution is 5.39. The molecule has 0 radical (unpaired) electrons. The van der Waals surface area contributed by atoms with Crippen LogP contribution >= 0.6 is 0 Å². The largest absolute Gasteiger partial charge is 0.490 e. The van der Waals surface area contributed by atoms with E-state index in [9.17, 15) is 5.11 Å². The molecule has 1 saturated carbocycles. The van der Waals surface area contributed by atoms with Crippen molar-refractivity contribution in [2.24, 2.45) is 0 Å². The average Bonchev–Trinajstić information content (AvgIpc) is 3.30. The average molecular weight is 268 g/mol. The summed E-state index contributed by atoms with van der Waals surface area (Å²) in [6, 6.07) is 15.9. The van der Waals surface area contributed by atoms with Gasteiger partial charge in [-0.25, -0.2) is 0 Å². The van der Waals surface area contributed by atoms with Gasteiger partial charge in [0, 0.05) is 0 Å². The maximum atomic E-state index is 10.6. The zero-order valence-electron chi connectivity index (χ0n) is 11.8. The number of benzene rings is 2.